The number of ether oxygens (including phenoxy) is 1. The molecule has 0 aliphatic carbocycles. The number of rotatable bonds is 10. The Bertz CT molecular complexity index is 1680. The SMILES string of the molecule is COc1ccc(NC=O)c(CCN(C)C2CCN(c3cc(C(=O)c4cc(C)c5c(c4)oc(=O)n5C)c(C)cn3)CC2)c1. The van der Waals surface area contributed by atoms with Crippen LogP contribution in [0.3, 0.4) is 0 Å². The standard InChI is InChI=1S/C32H37N5O5/c1-20-14-23(16-28-30(20)36(4)32(40)42-28)31(39)26-17-29(33-18-21(26)2)37-12-9-24(10-13-37)35(3)11-8-22-15-25(41-5)6-7-27(22)34-19-38/h6-7,14-19,24H,8-13H2,1-5H3,(H,34,38). The van der Waals surface area contributed by atoms with Gasteiger partial charge in [0.1, 0.15) is 11.6 Å². The molecule has 220 valence electrons. The number of methoxy groups -OCH3 is 1. The summed E-state index contributed by atoms with van der Waals surface area (Å²) >= 11 is 0. The number of aryl methyl sites for hydroxylation is 3. The molecule has 0 atom stereocenters. The highest BCUT2D eigenvalue weighted by atomic mass is 16.5. The van der Waals surface area contributed by atoms with Crippen LogP contribution in [0.2, 0.25) is 0 Å². The summed E-state index contributed by atoms with van der Waals surface area (Å²) in [5.41, 5.74) is 5.62. The van der Waals surface area contributed by atoms with Crippen molar-refractivity contribution in [3.63, 3.8) is 0 Å². The Balaban J connectivity index is 1.25. The molecule has 5 rings (SSSR count). The van der Waals surface area contributed by atoms with E-state index in [2.05, 4.69) is 27.1 Å². The number of carbonyl (C=O) groups excluding carboxylic acids is 2. The average Bonchev–Trinajstić information content (AvgIpc) is 3.29. The third-order valence-corrected chi connectivity index (χ3v) is 8.34. The summed E-state index contributed by atoms with van der Waals surface area (Å²) < 4.78 is 12.2. The van der Waals surface area contributed by atoms with Gasteiger partial charge in [0, 0.05) is 55.7 Å². The lowest BCUT2D eigenvalue weighted by molar-refractivity contribution is -0.105. The summed E-state index contributed by atoms with van der Waals surface area (Å²) in [6, 6.07) is 11.4. The van der Waals surface area contributed by atoms with Gasteiger partial charge in [-0.3, -0.25) is 14.2 Å². The fourth-order valence-electron chi connectivity index (χ4n) is 5.85. The molecule has 1 fully saturated rings. The maximum Gasteiger partial charge on any atom is 0.419 e. The minimum absolute atomic E-state index is 0.122. The molecule has 42 heavy (non-hydrogen) atoms. The second-order valence-corrected chi connectivity index (χ2v) is 11.0. The van der Waals surface area contributed by atoms with Gasteiger partial charge in [0.25, 0.3) is 0 Å². The second kappa shape index (κ2) is 12.2. The van der Waals surface area contributed by atoms with Crippen LogP contribution in [0.15, 0.2) is 51.8 Å². The molecule has 0 radical (unpaired) electrons. The van der Waals surface area contributed by atoms with E-state index in [1.54, 1.807) is 26.4 Å². The van der Waals surface area contributed by atoms with Crippen LogP contribution in [0.5, 0.6) is 5.75 Å². The van der Waals surface area contributed by atoms with Crippen LogP contribution in [-0.2, 0) is 18.3 Å². The average molecular weight is 572 g/mol. The third-order valence-electron chi connectivity index (χ3n) is 8.34. The van der Waals surface area contributed by atoms with Gasteiger partial charge >= 0.3 is 5.76 Å². The quantitative estimate of drug-likeness (QED) is 0.224. The van der Waals surface area contributed by atoms with Crippen LogP contribution in [0.1, 0.15) is 45.5 Å². The Labute approximate surface area is 244 Å². The van der Waals surface area contributed by atoms with Crippen LogP contribution < -0.4 is 20.7 Å². The van der Waals surface area contributed by atoms with E-state index in [0.717, 1.165) is 72.8 Å². The van der Waals surface area contributed by atoms with Crippen molar-refractivity contribution in [2.24, 2.45) is 7.05 Å². The van der Waals surface area contributed by atoms with E-state index in [-0.39, 0.29) is 5.78 Å². The van der Waals surface area contributed by atoms with Crippen molar-refractivity contribution in [2.45, 2.75) is 39.2 Å². The zero-order valence-electron chi connectivity index (χ0n) is 24.8. The summed E-state index contributed by atoms with van der Waals surface area (Å²) in [5, 5.41) is 2.78. The predicted octanol–water partition coefficient (Wildman–Crippen LogP) is 4.09. The Kier molecular flexibility index (Phi) is 8.44. The van der Waals surface area contributed by atoms with Crippen molar-refractivity contribution < 1.29 is 18.7 Å². The number of nitrogens with one attached hydrogen (secondary N) is 1. The molecule has 2 aromatic heterocycles. The maximum atomic E-state index is 13.6. The fourth-order valence-corrected chi connectivity index (χ4v) is 5.85. The zero-order valence-corrected chi connectivity index (χ0v) is 24.8. The highest BCUT2D eigenvalue weighted by Crippen LogP contribution is 2.27. The van der Waals surface area contributed by atoms with Gasteiger partial charge < -0.3 is 24.3 Å². The number of hydrogen-bond acceptors (Lipinski definition) is 8. The molecule has 10 heteroatoms. The molecule has 3 heterocycles. The fraction of sp³-hybridized carbons (Fsp3) is 0.375. The molecule has 2 aromatic carbocycles. The first-order chi connectivity index (χ1) is 20.2. The number of nitrogens with zero attached hydrogens (tertiary/aromatic N) is 4. The van der Waals surface area contributed by atoms with Crippen molar-refractivity contribution >= 4 is 34.8 Å². The first-order valence-corrected chi connectivity index (χ1v) is 14.1. The molecule has 1 aliphatic rings. The lowest BCUT2D eigenvalue weighted by atomic mass is 9.98. The summed E-state index contributed by atoms with van der Waals surface area (Å²) in [6.07, 6.45) is 5.18. The highest BCUT2D eigenvalue weighted by molar-refractivity contribution is 6.11. The number of carbonyl (C=O) groups is 2. The van der Waals surface area contributed by atoms with Gasteiger partial charge in [0.2, 0.25) is 6.41 Å². The molecule has 1 aliphatic heterocycles. The van der Waals surface area contributed by atoms with Gasteiger partial charge in [-0.2, -0.15) is 0 Å². The summed E-state index contributed by atoms with van der Waals surface area (Å²) in [5.74, 6) is 0.982. The molecular formula is C32H37N5O5. The molecule has 4 aromatic rings. The smallest absolute Gasteiger partial charge is 0.419 e. The first-order valence-electron chi connectivity index (χ1n) is 14.1. The number of oxazole rings is 1. The minimum atomic E-state index is -0.450. The van der Waals surface area contributed by atoms with E-state index in [1.807, 2.05) is 44.2 Å². The molecule has 0 bridgehead atoms. The topological polar surface area (TPSA) is 110 Å². The minimum Gasteiger partial charge on any atom is -0.497 e. The molecular weight excluding hydrogens is 534 g/mol. The number of anilines is 2. The van der Waals surface area contributed by atoms with E-state index >= 15 is 0 Å². The Morgan fingerprint density at radius 3 is 2.64 bits per heavy atom. The number of ketones is 1. The Morgan fingerprint density at radius 1 is 1.17 bits per heavy atom. The monoisotopic (exact) mass is 571 g/mol. The molecule has 0 unspecified atom stereocenters. The van der Waals surface area contributed by atoms with Gasteiger partial charge in [-0.15, -0.1) is 0 Å². The van der Waals surface area contributed by atoms with Crippen molar-refractivity contribution in [1.29, 1.82) is 0 Å². The van der Waals surface area contributed by atoms with Gasteiger partial charge in [0.15, 0.2) is 11.4 Å². The van der Waals surface area contributed by atoms with Crippen LogP contribution in [-0.4, -0.2) is 66.5 Å². The molecule has 0 saturated carbocycles. The molecule has 1 N–H and O–H groups in total. The van der Waals surface area contributed by atoms with Crippen molar-refractivity contribution in [3.05, 3.63) is 81.0 Å². The van der Waals surface area contributed by atoms with E-state index < -0.39 is 5.76 Å². The van der Waals surface area contributed by atoms with Gasteiger partial charge in [-0.1, -0.05) is 0 Å². The number of benzene rings is 2. The molecule has 1 amide bonds. The van der Waals surface area contributed by atoms with Crippen molar-refractivity contribution in [1.82, 2.24) is 14.5 Å². The van der Waals surface area contributed by atoms with Gasteiger partial charge in [-0.05, 0) is 93.2 Å². The van der Waals surface area contributed by atoms with Crippen LogP contribution in [0, 0.1) is 13.8 Å². The number of piperidine rings is 1. The van der Waals surface area contributed by atoms with E-state index in [4.69, 9.17) is 9.15 Å². The lowest BCUT2D eigenvalue weighted by Gasteiger charge is -2.37. The van der Waals surface area contributed by atoms with Crippen LogP contribution >= 0.6 is 0 Å². The number of fused-ring (bicyclic) bond motifs is 1. The summed E-state index contributed by atoms with van der Waals surface area (Å²) in [6.45, 7) is 6.26. The normalized spacial score (nSPS) is 14.0. The maximum absolute atomic E-state index is 13.6. The van der Waals surface area contributed by atoms with Crippen molar-refractivity contribution in [2.75, 3.05) is 44.0 Å². The zero-order chi connectivity index (χ0) is 30.0. The summed E-state index contributed by atoms with van der Waals surface area (Å²) in [7, 11) is 5.44. The van der Waals surface area contributed by atoms with Gasteiger partial charge in [0.05, 0.1) is 12.6 Å². The number of amides is 1. The van der Waals surface area contributed by atoms with E-state index in [0.29, 0.717) is 34.7 Å². The Morgan fingerprint density at radius 2 is 1.93 bits per heavy atom. The summed E-state index contributed by atoms with van der Waals surface area (Å²) in [4.78, 5) is 45.9. The number of pyridine rings is 1. The van der Waals surface area contributed by atoms with E-state index in [9.17, 15) is 14.4 Å². The third kappa shape index (κ3) is 5.80. The van der Waals surface area contributed by atoms with Gasteiger partial charge in [-0.25, -0.2) is 9.78 Å². The largest absolute Gasteiger partial charge is 0.497 e. The Hall–Kier alpha value is -4.44. The van der Waals surface area contributed by atoms with E-state index in [1.165, 1.54) is 4.57 Å². The van der Waals surface area contributed by atoms with Crippen LogP contribution in [0.25, 0.3) is 11.1 Å². The molecule has 0 spiro atoms. The molecule has 10 nitrogen and oxygen atoms in total. The second-order valence-electron chi connectivity index (χ2n) is 11.0. The number of likely N-dealkylation sites (N-methyl/N-ethyl adjacent to an activating group) is 1. The number of hydrogen-bond donors (Lipinski definition) is 1. The predicted molar refractivity (Wildman–Crippen MR) is 163 cm³/mol. The highest BCUT2D eigenvalue weighted by Gasteiger charge is 2.25. The molecule has 1 saturated heterocycles. The number of aromatic nitrogens is 2. The first kappa shape index (κ1) is 29.1. The van der Waals surface area contributed by atoms with Crippen molar-refractivity contribution in [3.8, 4) is 5.75 Å². The lowest BCUT2D eigenvalue weighted by Crippen LogP contribution is -2.44. The van der Waals surface area contributed by atoms with Crippen LogP contribution in [0.4, 0.5) is 11.5 Å².